The first-order valence-corrected chi connectivity index (χ1v) is 39.0. The fourth-order valence-corrected chi connectivity index (χ4v) is 15.4. The summed E-state index contributed by atoms with van der Waals surface area (Å²) in [4.78, 5) is 49.2. The first-order valence-electron chi connectivity index (χ1n) is 31.2. The Kier molecular flexibility index (Phi) is 24.7. The first kappa shape index (κ1) is 76.4. The van der Waals surface area contributed by atoms with Gasteiger partial charge in [-0.2, -0.15) is 0 Å². The van der Waals surface area contributed by atoms with Gasteiger partial charge in [0.1, 0.15) is 31.8 Å². The normalized spacial score (nSPS) is 12.7. The third-order valence-electron chi connectivity index (χ3n) is 13.4. The maximum Gasteiger partial charge on any atom is 0.408 e. The molecule has 0 aliphatic carbocycles. The van der Waals surface area contributed by atoms with Gasteiger partial charge in [-0.1, -0.05) is 120 Å². The smallest absolute Gasteiger partial charge is 0.408 e. The van der Waals surface area contributed by atoms with E-state index in [1.165, 1.54) is 28.2 Å². The number of thiazole rings is 3. The molecule has 0 radical (unpaired) electrons. The second kappa shape index (κ2) is 32.9. The van der Waals surface area contributed by atoms with Gasteiger partial charge in [0.2, 0.25) is 35.3 Å². The number of fused-ring (bicyclic) bond motifs is 3. The van der Waals surface area contributed by atoms with E-state index in [2.05, 4.69) is 85.8 Å². The number of hydrogen-bond acceptors (Lipinski definition) is 27. The molecule has 102 heavy (non-hydrogen) atoms. The summed E-state index contributed by atoms with van der Waals surface area (Å²) in [6, 6.07) is 47.9. The minimum Gasteiger partial charge on any atom is -0.773 e. The predicted molar refractivity (Wildman–Crippen MR) is 388 cm³/mol. The van der Waals surface area contributed by atoms with Crippen LogP contribution in [-0.2, 0) is 71.0 Å². The van der Waals surface area contributed by atoms with Crippen molar-refractivity contribution in [2.45, 2.75) is 116 Å². The average molecular weight is 1500 g/mol. The van der Waals surface area contributed by atoms with Gasteiger partial charge in [-0.05, 0) is 138 Å². The number of sulfone groups is 2. The minimum absolute atomic E-state index is 0.0574. The van der Waals surface area contributed by atoms with Crippen LogP contribution in [0.2, 0.25) is 0 Å². The van der Waals surface area contributed by atoms with Crippen molar-refractivity contribution >= 4 is 114 Å². The lowest BCUT2D eigenvalue weighted by molar-refractivity contribution is 0.0507. The molecule has 27 nitrogen and oxygen atoms in total. The summed E-state index contributed by atoms with van der Waals surface area (Å²) in [6.07, 6.45) is 1.91. The number of carbonyl (C=O) groups is 3. The standard InChI is InChI=1S/2C23H24N4O5S2.C22H22N4O3S.CH4O2S/c2*1-23(2,3)32-22(28)24-13-18-26-27-20(31-18)19(34(4,29)30)21-25-16-11-10-15(12-17(16)33-21)14-8-6-5-7-9-14;1-22(2,3)29-21(27)23-13-19-26-25-18(28-19)12-20-24-16-10-9-15(11-17(16)30-20)14-7-5-4-6-8-14;1-4(2)3/h2*5-12,19H,13H2,1-4H3,(H,24,28);4-11H,12-13H2,1-3H3,(H,23,27);1H3,(H,2,3)/p-1. The quantitative estimate of drug-likeness (QED) is 0.0563. The lowest BCUT2D eigenvalue weighted by Crippen LogP contribution is -2.32. The number of alkyl carbamates (subject to hydrolysis) is 3. The SMILES string of the molecule is CC(C)(C)OC(=O)NCc1nnc(C(c2nc3ccc(-c4ccccc4)cc3s2)S(C)(=O)=O)o1.CC(C)(C)OC(=O)NCc1nnc(C(c2nc3ccc(-c4ccccc4)cc3s2)S(C)(=O)=O)o1.CC(C)(C)OC(=O)NCc1nnc(Cc2nc3ccc(-c4ccccc4)cc3s2)o1.CS(=O)[O-]. The third kappa shape index (κ3) is 22.6. The molecule has 0 spiro atoms. The molecule has 0 saturated heterocycles. The maximum absolute atomic E-state index is 12.7. The summed E-state index contributed by atoms with van der Waals surface area (Å²) in [7, 11) is -7.37. The molecule has 6 aromatic heterocycles. The Hall–Kier alpha value is -9.77. The van der Waals surface area contributed by atoms with Crippen molar-refractivity contribution < 1.29 is 67.4 Å². The van der Waals surface area contributed by atoms with E-state index in [0.29, 0.717) is 39.3 Å². The van der Waals surface area contributed by atoms with E-state index >= 15 is 0 Å². The van der Waals surface area contributed by atoms with Crippen molar-refractivity contribution in [1.82, 2.24) is 61.5 Å². The van der Waals surface area contributed by atoms with E-state index in [-0.39, 0.29) is 43.2 Å². The van der Waals surface area contributed by atoms with Crippen molar-refractivity contribution in [3.63, 3.8) is 0 Å². The molecule has 536 valence electrons. The van der Waals surface area contributed by atoms with Crippen LogP contribution in [0.1, 0.15) is 123 Å². The van der Waals surface area contributed by atoms with Crippen LogP contribution in [0.4, 0.5) is 14.4 Å². The molecular formula is C69H73N12O15S6-. The van der Waals surface area contributed by atoms with Crippen LogP contribution in [0, 0.1) is 0 Å². The number of carbonyl (C=O) groups excluding carboxylic acids is 3. The zero-order valence-electron chi connectivity index (χ0n) is 57.4. The van der Waals surface area contributed by atoms with Crippen LogP contribution < -0.4 is 16.0 Å². The zero-order chi connectivity index (χ0) is 73.7. The van der Waals surface area contributed by atoms with Crippen LogP contribution >= 0.6 is 34.0 Å². The maximum atomic E-state index is 12.7. The number of hydrogen-bond donors (Lipinski definition) is 3. The Balaban J connectivity index is 0.000000173. The van der Waals surface area contributed by atoms with E-state index in [9.17, 15) is 31.2 Å². The van der Waals surface area contributed by atoms with Crippen molar-refractivity contribution in [3.8, 4) is 33.4 Å². The molecular weight excluding hydrogens is 1430 g/mol. The lowest BCUT2D eigenvalue weighted by Gasteiger charge is -2.19. The fraction of sp³-hybridized carbons (Fsp3) is 0.304. The van der Waals surface area contributed by atoms with Crippen LogP contribution in [-0.4, -0.2) is 125 Å². The highest BCUT2D eigenvalue weighted by Crippen LogP contribution is 2.39. The van der Waals surface area contributed by atoms with Crippen molar-refractivity contribution in [3.05, 3.63) is 196 Å². The zero-order valence-corrected chi connectivity index (χ0v) is 62.3. The molecule has 0 fully saturated rings. The number of ether oxygens (including phenoxy) is 3. The summed E-state index contributed by atoms with van der Waals surface area (Å²) in [5.41, 5.74) is 6.89. The van der Waals surface area contributed by atoms with Gasteiger partial charge in [0.05, 0.1) is 56.7 Å². The van der Waals surface area contributed by atoms with Gasteiger partial charge < -0.3 is 48.0 Å². The number of nitrogens with one attached hydrogen (secondary N) is 3. The number of nitrogens with zero attached hydrogens (tertiary/aromatic N) is 9. The largest absolute Gasteiger partial charge is 0.773 e. The molecule has 33 heteroatoms. The van der Waals surface area contributed by atoms with Gasteiger partial charge in [-0.25, -0.2) is 46.2 Å². The molecule has 0 saturated carbocycles. The molecule has 3 atom stereocenters. The van der Waals surface area contributed by atoms with Crippen molar-refractivity contribution in [1.29, 1.82) is 0 Å². The fourth-order valence-electron chi connectivity index (χ4n) is 9.37. The molecule has 3 amide bonds. The van der Waals surface area contributed by atoms with Crippen LogP contribution in [0.3, 0.4) is 0 Å². The van der Waals surface area contributed by atoms with Crippen LogP contribution in [0.5, 0.6) is 0 Å². The number of rotatable bonds is 17. The van der Waals surface area contributed by atoms with Crippen molar-refractivity contribution in [2.75, 3.05) is 18.8 Å². The second-order valence-corrected chi connectivity index (χ2v) is 33.9. The molecule has 6 aromatic carbocycles. The summed E-state index contributed by atoms with van der Waals surface area (Å²) >= 11 is 2.27. The highest BCUT2D eigenvalue weighted by Gasteiger charge is 2.36. The van der Waals surface area contributed by atoms with Crippen LogP contribution in [0.25, 0.3) is 64.0 Å². The van der Waals surface area contributed by atoms with Gasteiger partial charge in [-0.3, -0.25) is 4.21 Å². The highest BCUT2D eigenvalue weighted by atomic mass is 32.2. The lowest BCUT2D eigenvalue weighted by atomic mass is 10.1. The number of benzene rings is 6. The van der Waals surface area contributed by atoms with Crippen molar-refractivity contribution in [2.24, 2.45) is 0 Å². The Bertz CT molecular complexity index is 4900. The molecule has 0 aliphatic rings. The molecule has 12 rings (SSSR count). The second-order valence-electron chi connectivity index (χ2n) is 25.6. The van der Waals surface area contributed by atoms with E-state index in [1.807, 2.05) is 121 Å². The molecule has 3 unspecified atom stereocenters. The Morgan fingerprint density at radius 3 is 1.09 bits per heavy atom. The number of amides is 3. The Morgan fingerprint density at radius 1 is 0.451 bits per heavy atom. The summed E-state index contributed by atoms with van der Waals surface area (Å²) in [5, 5.41) is 30.4. The van der Waals surface area contributed by atoms with Crippen LogP contribution in [0.15, 0.2) is 159 Å². The number of aromatic nitrogens is 9. The molecule has 3 N–H and O–H groups in total. The van der Waals surface area contributed by atoms with Gasteiger partial charge in [0.15, 0.2) is 30.2 Å². The van der Waals surface area contributed by atoms with Gasteiger partial charge in [0, 0.05) is 12.5 Å². The van der Waals surface area contributed by atoms with E-state index in [1.54, 1.807) is 73.7 Å². The predicted octanol–water partition coefficient (Wildman–Crippen LogP) is 13.5. The van der Waals surface area contributed by atoms with Gasteiger partial charge in [0.25, 0.3) is 0 Å². The van der Waals surface area contributed by atoms with E-state index in [4.69, 9.17) is 36.2 Å². The topological polar surface area (TPSA) is 379 Å². The minimum atomic E-state index is -3.68. The molecule has 0 aliphatic heterocycles. The van der Waals surface area contributed by atoms with E-state index < -0.39 is 76.3 Å². The molecule has 0 bridgehead atoms. The highest BCUT2D eigenvalue weighted by molar-refractivity contribution is 7.91. The van der Waals surface area contributed by atoms with E-state index in [0.717, 1.165) is 71.2 Å². The third-order valence-corrected chi connectivity index (χ3v) is 19.5. The molecule has 6 heterocycles. The summed E-state index contributed by atoms with van der Waals surface area (Å²) < 4.78 is 104. The Morgan fingerprint density at radius 2 is 0.755 bits per heavy atom. The van der Waals surface area contributed by atoms with Gasteiger partial charge >= 0.3 is 18.3 Å². The first-order chi connectivity index (χ1) is 48.1. The van der Waals surface area contributed by atoms with Gasteiger partial charge in [-0.15, -0.1) is 64.6 Å². The summed E-state index contributed by atoms with van der Waals surface area (Å²) in [6.45, 7) is 15.8. The monoisotopic (exact) mass is 1500 g/mol. The molecule has 12 aromatic rings. The summed E-state index contributed by atoms with van der Waals surface area (Å²) in [5.74, 6) is 0.683. The Labute approximate surface area is 602 Å². The average Bonchev–Trinajstić information content (AvgIpc) is 1.64.